The summed E-state index contributed by atoms with van der Waals surface area (Å²) < 4.78 is 38.9. The molecule has 1 rings (SSSR count). The fourth-order valence-electron chi connectivity index (χ4n) is 1.30. The minimum absolute atomic E-state index is 0.100. The van der Waals surface area contributed by atoms with Crippen LogP contribution in [-0.2, 0) is 14.8 Å². The Morgan fingerprint density at radius 2 is 2.11 bits per heavy atom. The first-order chi connectivity index (χ1) is 8.27. The molecule has 1 aromatic rings. The fraction of sp³-hybridized carbons (Fsp3) is 0.364. The van der Waals surface area contributed by atoms with Gasteiger partial charge in [-0.15, -0.1) is 0 Å². The lowest BCUT2D eigenvalue weighted by Crippen LogP contribution is -2.40. The van der Waals surface area contributed by atoms with Crippen molar-refractivity contribution in [2.45, 2.75) is 31.2 Å². The van der Waals surface area contributed by atoms with Gasteiger partial charge in [0.25, 0.3) is 0 Å². The highest BCUT2D eigenvalue weighted by atomic mass is 32.2. The second-order valence-corrected chi connectivity index (χ2v) is 5.55. The van der Waals surface area contributed by atoms with Crippen molar-refractivity contribution < 1.29 is 22.7 Å². The van der Waals surface area contributed by atoms with Crippen molar-refractivity contribution in [1.82, 2.24) is 4.72 Å². The summed E-state index contributed by atoms with van der Waals surface area (Å²) in [5.41, 5.74) is 0.319. The molecule has 1 aromatic carbocycles. The van der Waals surface area contributed by atoms with E-state index in [0.717, 1.165) is 6.07 Å². The molecule has 100 valence electrons. The largest absolute Gasteiger partial charge is 0.480 e. The third-order valence-corrected chi connectivity index (χ3v) is 3.93. The van der Waals surface area contributed by atoms with Crippen molar-refractivity contribution in [2.24, 2.45) is 0 Å². The molecule has 5 nitrogen and oxygen atoms in total. The predicted molar refractivity (Wildman–Crippen MR) is 63.2 cm³/mol. The number of aliphatic carboxylic acids is 1. The summed E-state index contributed by atoms with van der Waals surface area (Å²) in [6, 6.07) is 2.20. The maximum absolute atomic E-state index is 13.3. The molecule has 0 spiro atoms. The second kappa shape index (κ2) is 5.45. The summed E-state index contributed by atoms with van der Waals surface area (Å²) in [5.74, 6) is -1.92. The maximum Gasteiger partial charge on any atom is 0.321 e. The number of benzene rings is 1. The Bertz CT molecular complexity index is 556. The zero-order valence-corrected chi connectivity index (χ0v) is 10.8. The molecule has 18 heavy (non-hydrogen) atoms. The lowest BCUT2D eigenvalue weighted by atomic mass is 10.2. The van der Waals surface area contributed by atoms with Gasteiger partial charge < -0.3 is 5.11 Å². The van der Waals surface area contributed by atoms with Crippen LogP contribution >= 0.6 is 0 Å². The van der Waals surface area contributed by atoms with E-state index in [1.54, 1.807) is 0 Å². The third-order valence-electron chi connectivity index (χ3n) is 2.46. The number of hydrogen-bond donors (Lipinski definition) is 2. The molecule has 0 saturated carbocycles. The lowest BCUT2D eigenvalue weighted by molar-refractivity contribution is -0.139. The summed E-state index contributed by atoms with van der Waals surface area (Å²) in [6.07, 6.45) is 0.100. The first-order valence-electron chi connectivity index (χ1n) is 5.29. The highest BCUT2D eigenvalue weighted by Crippen LogP contribution is 2.14. The van der Waals surface area contributed by atoms with Gasteiger partial charge in [-0.05, 0) is 31.0 Å². The number of carbonyl (C=O) groups is 1. The lowest BCUT2D eigenvalue weighted by Gasteiger charge is -2.13. The molecule has 2 N–H and O–H groups in total. The van der Waals surface area contributed by atoms with E-state index in [-0.39, 0.29) is 11.3 Å². The van der Waals surface area contributed by atoms with E-state index >= 15 is 0 Å². The van der Waals surface area contributed by atoms with Crippen molar-refractivity contribution in [2.75, 3.05) is 0 Å². The van der Waals surface area contributed by atoms with Gasteiger partial charge in [-0.25, -0.2) is 12.8 Å². The second-order valence-electron chi connectivity index (χ2n) is 3.83. The van der Waals surface area contributed by atoms with Gasteiger partial charge >= 0.3 is 5.97 Å². The van der Waals surface area contributed by atoms with Crippen molar-refractivity contribution in [3.63, 3.8) is 0 Å². The molecule has 0 amide bonds. The van der Waals surface area contributed by atoms with Gasteiger partial charge in [0.2, 0.25) is 10.0 Å². The standard InChI is InChI=1S/C11H14FNO4S/c1-3-10(11(14)15)13-18(16,17)8-5-4-7(2)9(12)6-8/h4-6,10,13H,3H2,1-2H3,(H,14,15)/t10-/m0/s1. The molecule has 0 saturated heterocycles. The topological polar surface area (TPSA) is 83.5 Å². The molecule has 0 fully saturated rings. The zero-order valence-electron chi connectivity index (χ0n) is 9.97. The van der Waals surface area contributed by atoms with Crippen LogP contribution in [0, 0.1) is 12.7 Å². The number of sulfonamides is 1. The van der Waals surface area contributed by atoms with Crippen LogP contribution in [0.4, 0.5) is 4.39 Å². The van der Waals surface area contributed by atoms with E-state index in [9.17, 15) is 17.6 Å². The minimum Gasteiger partial charge on any atom is -0.480 e. The van der Waals surface area contributed by atoms with E-state index in [4.69, 9.17) is 5.11 Å². The first-order valence-corrected chi connectivity index (χ1v) is 6.77. The van der Waals surface area contributed by atoms with Crippen LogP contribution < -0.4 is 4.72 Å². The van der Waals surface area contributed by atoms with Crippen molar-refractivity contribution in [1.29, 1.82) is 0 Å². The molecule has 0 aliphatic carbocycles. The van der Waals surface area contributed by atoms with Gasteiger partial charge in [-0.1, -0.05) is 13.0 Å². The molecule has 0 aromatic heterocycles. The number of halogens is 1. The highest BCUT2D eigenvalue weighted by molar-refractivity contribution is 7.89. The minimum atomic E-state index is -4.03. The highest BCUT2D eigenvalue weighted by Gasteiger charge is 2.24. The first kappa shape index (κ1) is 14.6. The molecule has 7 heteroatoms. The number of rotatable bonds is 5. The van der Waals surface area contributed by atoms with E-state index in [1.165, 1.54) is 26.0 Å². The average Bonchev–Trinajstić information content (AvgIpc) is 2.29. The molecule has 0 aliphatic rings. The van der Waals surface area contributed by atoms with Crippen molar-refractivity contribution in [3.05, 3.63) is 29.6 Å². The van der Waals surface area contributed by atoms with E-state index < -0.39 is 27.9 Å². The van der Waals surface area contributed by atoms with Gasteiger partial charge in [-0.2, -0.15) is 4.72 Å². The monoisotopic (exact) mass is 275 g/mol. The molecule has 0 radical (unpaired) electrons. The summed E-state index contributed by atoms with van der Waals surface area (Å²) in [6.45, 7) is 3.04. The smallest absolute Gasteiger partial charge is 0.321 e. The molecule has 0 heterocycles. The summed E-state index contributed by atoms with van der Waals surface area (Å²) in [7, 11) is -4.03. The van der Waals surface area contributed by atoms with Gasteiger partial charge in [0, 0.05) is 0 Å². The van der Waals surface area contributed by atoms with Crippen LogP contribution in [0.25, 0.3) is 0 Å². The van der Waals surface area contributed by atoms with Crippen molar-refractivity contribution in [3.8, 4) is 0 Å². The fourth-order valence-corrected chi connectivity index (χ4v) is 2.59. The summed E-state index contributed by atoms with van der Waals surface area (Å²) in [5, 5.41) is 8.78. The van der Waals surface area contributed by atoms with Crippen LogP contribution in [0.5, 0.6) is 0 Å². The van der Waals surface area contributed by atoms with Crippen molar-refractivity contribution >= 4 is 16.0 Å². The van der Waals surface area contributed by atoms with Crippen LogP contribution in [0.3, 0.4) is 0 Å². The summed E-state index contributed by atoms with van der Waals surface area (Å²) >= 11 is 0. The van der Waals surface area contributed by atoms with Crippen LogP contribution in [0.1, 0.15) is 18.9 Å². The molecule has 0 unspecified atom stereocenters. The number of aryl methyl sites for hydroxylation is 1. The average molecular weight is 275 g/mol. The van der Waals surface area contributed by atoms with Gasteiger partial charge in [-0.3, -0.25) is 4.79 Å². The van der Waals surface area contributed by atoms with E-state index in [2.05, 4.69) is 0 Å². The van der Waals surface area contributed by atoms with Crippen LogP contribution in [0.2, 0.25) is 0 Å². The van der Waals surface area contributed by atoms with Gasteiger partial charge in [0.05, 0.1) is 4.90 Å². The summed E-state index contributed by atoms with van der Waals surface area (Å²) in [4.78, 5) is 10.5. The number of carboxylic acid groups (broad SMARTS) is 1. The molecular weight excluding hydrogens is 261 g/mol. The number of carboxylic acids is 1. The molecule has 0 aliphatic heterocycles. The molecular formula is C11H14FNO4S. The van der Waals surface area contributed by atoms with E-state index in [0.29, 0.717) is 5.56 Å². The number of hydrogen-bond acceptors (Lipinski definition) is 3. The van der Waals surface area contributed by atoms with Crippen LogP contribution in [0.15, 0.2) is 23.1 Å². The normalized spacial score (nSPS) is 13.3. The van der Waals surface area contributed by atoms with E-state index in [1.807, 2.05) is 4.72 Å². The Morgan fingerprint density at radius 1 is 1.50 bits per heavy atom. The third kappa shape index (κ3) is 3.27. The Balaban J connectivity index is 3.06. The quantitative estimate of drug-likeness (QED) is 0.847. The van der Waals surface area contributed by atoms with Gasteiger partial charge in [0.15, 0.2) is 0 Å². The molecule has 0 bridgehead atoms. The predicted octanol–water partition coefficient (Wildman–Crippen LogP) is 1.28. The zero-order chi connectivity index (χ0) is 13.9. The SMILES string of the molecule is CC[C@H](NS(=O)(=O)c1ccc(C)c(F)c1)C(=O)O. The molecule has 1 atom stereocenters. The van der Waals surface area contributed by atoms with Gasteiger partial charge in [0.1, 0.15) is 11.9 Å². The maximum atomic E-state index is 13.3. The Kier molecular flexibility index (Phi) is 4.42. The Labute approximate surface area is 105 Å². The Hall–Kier alpha value is -1.47. The van der Waals surface area contributed by atoms with Crippen LogP contribution in [-0.4, -0.2) is 25.5 Å². The Morgan fingerprint density at radius 3 is 2.56 bits per heavy atom. The number of nitrogens with one attached hydrogen (secondary N) is 1.